The van der Waals surface area contributed by atoms with Crippen molar-refractivity contribution in [2.45, 2.75) is 57.7 Å². The molecule has 0 aromatic rings. The van der Waals surface area contributed by atoms with E-state index in [2.05, 4.69) is 11.8 Å². The first-order chi connectivity index (χ1) is 8.55. The van der Waals surface area contributed by atoms with Crippen LogP contribution in [0.3, 0.4) is 0 Å². The molecule has 1 saturated carbocycles. The van der Waals surface area contributed by atoms with Crippen LogP contribution in [0, 0.1) is 0 Å². The summed E-state index contributed by atoms with van der Waals surface area (Å²) < 4.78 is 6.02. The molecule has 1 aliphatic carbocycles. The van der Waals surface area contributed by atoms with Gasteiger partial charge in [-0.1, -0.05) is 6.42 Å². The molecule has 0 aromatic heterocycles. The molecule has 4 nitrogen and oxygen atoms in total. The normalized spacial score (nSPS) is 26.4. The molecule has 102 valence electrons. The van der Waals surface area contributed by atoms with Gasteiger partial charge in [0.05, 0.1) is 6.61 Å². The van der Waals surface area contributed by atoms with Crippen LogP contribution in [-0.4, -0.2) is 40.9 Å². The topological polar surface area (TPSA) is 49.8 Å². The molecule has 1 N–H and O–H groups in total. The third-order valence-corrected chi connectivity index (χ3v) is 4.34. The van der Waals surface area contributed by atoms with Crippen molar-refractivity contribution in [3.05, 3.63) is 11.6 Å². The highest BCUT2D eigenvalue weighted by atomic mass is 16.5. The lowest BCUT2D eigenvalue weighted by Gasteiger charge is -2.43. The summed E-state index contributed by atoms with van der Waals surface area (Å²) in [5.41, 5.74) is 0.781. The van der Waals surface area contributed by atoms with Crippen molar-refractivity contribution in [2.75, 3.05) is 13.2 Å². The van der Waals surface area contributed by atoms with Gasteiger partial charge in [0.2, 0.25) is 0 Å². The summed E-state index contributed by atoms with van der Waals surface area (Å²) in [4.78, 5) is 13.1. The van der Waals surface area contributed by atoms with Gasteiger partial charge in [0.25, 0.3) is 0 Å². The molecule has 0 radical (unpaired) electrons. The van der Waals surface area contributed by atoms with Crippen LogP contribution < -0.4 is 0 Å². The Bertz CT molecular complexity index is 345. The molecule has 1 atom stereocenters. The molecule has 4 heteroatoms. The van der Waals surface area contributed by atoms with Crippen molar-refractivity contribution in [3.8, 4) is 0 Å². The number of ether oxygens (including phenoxy) is 1. The Morgan fingerprint density at radius 1 is 1.39 bits per heavy atom. The van der Waals surface area contributed by atoms with Crippen molar-refractivity contribution in [1.29, 1.82) is 0 Å². The minimum Gasteiger partial charge on any atom is -0.478 e. The molecule has 1 spiro atoms. The second-order valence-electron chi connectivity index (χ2n) is 5.45. The molecule has 0 aromatic carbocycles. The van der Waals surface area contributed by atoms with Gasteiger partial charge in [0.1, 0.15) is 5.72 Å². The van der Waals surface area contributed by atoms with E-state index in [0.29, 0.717) is 0 Å². The maximum atomic E-state index is 10.8. The zero-order chi connectivity index (χ0) is 13.2. The van der Waals surface area contributed by atoms with E-state index in [9.17, 15) is 4.79 Å². The molecule has 18 heavy (non-hydrogen) atoms. The van der Waals surface area contributed by atoms with Crippen molar-refractivity contribution in [3.63, 3.8) is 0 Å². The van der Waals surface area contributed by atoms with Crippen LogP contribution in [-0.2, 0) is 9.53 Å². The van der Waals surface area contributed by atoms with Crippen LogP contribution in [0.4, 0.5) is 0 Å². The SMILES string of the molecule is C/C(=C\C(=O)O)C(C)N1CCOC12CCCCC2. The third kappa shape index (κ3) is 2.59. The molecule has 2 aliphatic rings. The number of rotatable bonds is 3. The lowest BCUT2D eigenvalue weighted by molar-refractivity contribution is -0.131. The predicted molar refractivity (Wildman–Crippen MR) is 69.3 cm³/mol. The highest BCUT2D eigenvalue weighted by Crippen LogP contribution is 2.40. The molecular weight excluding hydrogens is 230 g/mol. The van der Waals surface area contributed by atoms with Gasteiger partial charge in [-0.25, -0.2) is 4.79 Å². The number of carboxylic acids is 1. The van der Waals surface area contributed by atoms with Gasteiger partial charge >= 0.3 is 5.97 Å². The van der Waals surface area contributed by atoms with Crippen molar-refractivity contribution in [1.82, 2.24) is 4.90 Å². The standard InChI is InChI=1S/C14H23NO3/c1-11(10-13(16)17)12(2)15-8-9-18-14(15)6-4-3-5-7-14/h10,12H,3-9H2,1-2H3,(H,16,17)/b11-10+. The van der Waals surface area contributed by atoms with Gasteiger partial charge in [-0.15, -0.1) is 0 Å². The summed E-state index contributed by atoms with van der Waals surface area (Å²) in [5.74, 6) is -0.864. The van der Waals surface area contributed by atoms with E-state index >= 15 is 0 Å². The van der Waals surface area contributed by atoms with E-state index in [4.69, 9.17) is 9.84 Å². The number of hydrogen-bond acceptors (Lipinski definition) is 3. The first kappa shape index (κ1) is 13.6. The first-order valence-corrected chi connectivity index (χ1v) is 6.87. The Morgan fingerprint density at radius 2 is 2.06 bits per heavy atom. The summed E-state index contributed by atoms with van der Waals surface area (Å²) >= 11 is 0. The van der Waals surface area contributed by atoms with Crippen molar-refractivity contribution in [2.24, 2.45) is 0 Å². The molecule has 1 heterocycles. The summed E-state index contributed by atoms with van der Waals surface area (Å²) in [6, 6.07) is 0.140. The highest BCUT2D eigenvalue weighted by Gasteiger charge is 2.45. The minimum atomic E-state index is -0.864. The summed E-state index contributed by atoms with van der Waals surface area (Å²) in [6.07, 6.45) is 7.20. The molecule has 0 amide bonds. The fourth-order valence-corrected chi connectivity index (χ4v) is 3.26. The Hall–Kier alpha value is -0.870. The van der Waals surface area contributed by atoms with Gasteiger partial charge in [0.15, 0.2) is 0 Å². The van der Waals surface area contributed by atoms with Crippen LogP contribution in [0.5, 0.6) is 0 Å². The fourth-order valence-electron chi connectivity index (χ4n) is 3.26. The van der Waals surface area contributed by atoms with Crippen LogP contribution >= 0.6 is 0 Å². The van der Waals surface area contributed by atoms with Gasteiger partial charge in [0, 0.05) is 18.7 Å². The van der Waals surface area contributed by atoms with E-state index < -0.39 is 5.97 Å². The average molecular weight is 253 g/mol. The van der Waals surface area contributed by atoms with E-state index in [-0.39, 0.29) is 11.8 Å². The predicted octanol–water partition coefficient (Wildman–Crippen LogP) is 2.40. The fraction of sp³-hybridized carbons (Fsp3) is 0.786. The number of aliphatic carboxylic acids is 1. The zero-order valence-corrected chi connectivity index (χ0v) is 11.3. The minimum absolute atomic E-state index is 0.120. The zero-order valence-electron chi connectivity index (χ0n) is 11.3. The number of nitrogens with zero attached hydrogens (tertiary/aromatic N) is 1. The van der Waals surface area contributed by atoms with Gasteiger partial charge < -0.3 is 9.84 Å². The van der Waals surface area contributed by atoms with Crippen LogP contribution in [0.25, 0.3) is 0 Å². The van der Waals surface area contributed by atoms with E-state index in [1.165, 1.54) is 25.3 Å². The monoisotopic (exact) mass is 253 g/mol. The van der Waals surface area contributed by atoms with Crippen molar-refractivity contribution >= 4 is 5.97 Å². The van der Waals surface area contributed by atoms with E-state index in [1.807, 2.05) is 6.92 Å². The largest absolute Gasteiger partial charge is 0.478 e. The molecular formula is C14H23NO3. The molecule has 1 aliphatic heterocycles. The summed E-state index contributed by atoms with van der Waals surface area (Å²) in [7, 11) is 0. The van der Waals surface area contributed by atoms with Crippen LogP contribution in [0.2, 0.25) is 0 Å². The number of carbonyl (C=O) groups is 1. The molecule has 0 bridgehead atoms. The quantitative estimate of drug-likeness (QED) is 0.785. The Morgan fingerprint density at radius 3 is 2.67 bits per heavy atom. The summed E-state index contributed by atoms with van der Waals surface area (Å²) in [6.45, 7) is 5.66. The second-order valence-corrected chi connectivity index (χ2v) is 5.45. The highest BCUT2D eigenvalue weighted by molar-refractivity contribution is 5.80. The summed E-state index contributed by atoms with van der Waals surface area (Å²) in [5, 5.41) is 8.85. The van der Waals surface area contributed by atoms with Gasteiger partial charge in [-0.05, 0) is 45.1 Å². The van der Waals surface area contributed by atoms with Crippen LogP contribution in [0.1, 0.15) is 46.0 Å². The Kier molecular flexibility index (Phi) is 4.07. The second kappa shape index (κ2) is 5.41. The van der Waals surface area contributed by atoms with E-state index in [0.717, 1.165) is 31.6 Å². The van der Waals surface area contributed by atoms with Crippen molar-refractivity contribution < 1.29 is 14.6 Å². The molecule has 1 unspecified atom stereocenters. The third-order valence-electron chi connectivity index (χ3n) is 4.34. The molecule has 2 fully saturated rings. The first-order valence-electron chi connectivity index (χ1n) is 6.87. The Labute approximate surface area is 109 Å². The maximum absolute atomic E-state index is 10.8. The number of hydrogen-bond donors (Lipinski definition) is 1. The van der Waals surface area contributed by atoms with E-state index in [1.54, 1.807) is 0 Å². The maximum Gasteiger partial charge on any atom is 0.328 e. The van der Waals surface area contributed by atoms with Gasteiger partial charge in [-0.2, -0.15) is 0 Å². The number of carboxylic acid groups (broad SMARTS) is 1. The lowest BCUT2D eigenvalue weighted by atomic mass is 9.89. The average Bonchev–Trinajstić information content (AvgIpc) is 2.71. The molecule has 1 saturated heterocycles. The lowest BCUT2D eigenvalue weighted by Crippen LogP contribution is -2.50. The molecule has 2 rings (SSSR count). The van der Waals surface area contributed by atoms with Gasteiger partial charge in [-0.3, -0.25) is 4.90 Å². The van der Waals surface area contributed by atoms with Crippen LogP contribution in [0.15, 0.2) is 11.6 Å². The Balaban J connectivity index is 2.13. The smallest absolute Gasteiger partial charge is 0.328 e.